The Labute approximate surface area is 194 Å². The summed E-state index contributed by atoms with van der Waals surface area (Å²) in [5.41, 5.74) is 0.688. The highest BCUT2D eigenvalue weighted by Crippen LogP contribution is 2.22. The molecule has 0 radical (unpaired) electrons. The molecule has 0 aliphatic carbocycles. The molecule has 2 N–H and O–H groups in total. The first-order valence-corrected chi connectivity index (χ1v) is 11.7. The van der Waals surface area contributed by atoms with Crippen LogP contribution in [-0.4, -0.2) is 29.1 Å². The number of amides is 1. The predicted molar refractivity (Wildman–Crippen MR) is 121 cm³/mol. The van der Waals surface area contributed by atoms with Crippen molar-refractivity contribution in [1.82, 2.24) is 19.5 Å². The van der Waals surface area contributed by atoms with E-state index in [9.17, 15) is 18.0 Å². The molecule has 1 amide bonds. The summed E-state index contributed by atoms with van der Waals surface area (Å²) in [6, 6.07) is 9.77. The molecule has 3 rings (SSSR count). The van der Waals surface area contributed by atoms with Crippen LogP contribution in [0.3, 0.4) is 0 Å². The molecular weight excluding hydrogens is 477 g/mol. The van der Waals surface area contributed by atoms with E-state index in [0.29, 0.717) is 17.7 Å². The third-order valence-corrected chi connectivity index (χ3v) is 6.66. The minimum atomic E-state index is -3.88. The number of nitrogens with zero attached hydrogens (tertiary/aromatic N) is 3. The number of carbonyl (C=O) groups excluding carboxylic acids is 1. The van der Waals surface area contributed by atoms with Crippen LogP contribution in [0.4, 0.5) is 5.69 Å². The summed E-state index contributed by atoms with van der Waals surface area (Å²) < 4.78 is 29.2. The van der Waals surface area contributed by atoms with Gasteiger partial charge in [0.15, 0.2) is 0 Å². The molecule has 0 saturated heterocycles. The number of aryl methyl sites for hydroxylation is 1. The lowest BCUT2D eigenvalue weighted by atomic mass is 10.1. The summed E-state index contributed by atoms with van der Waals surface area (Å²) in [4.78, 5) is 28.6. The van der Waals surface area contributed by atoms with Crippen molar-refractivity contribution in [3.8, 4) is 0 Å². The number of carbonyl (C=O) groups is 1. The first-order chi connectivity index (χ1) is 15.2. The second-order valence-electron chi connectivity index (χ2n) is 6.64. The smallest absolute Gasteiger partial charge is 0.287 e. The summed E-state index contributed by atoms with van der Waals surface area (Å²) in [6.07, 6.45) is 3.20. The van der Waals surface area contributed by atoms with Crippen molar-refractivity contribution in [2.75, 3.05) is 5.32 Å². The molecule has 0 spiro atoms. The molecule has 0 unspecified atom stereocenters. The summed E-state index contributed by atoms with van der Waals surface area (Å²) in [5, 5.41) is 6.08. The van der Waals surface area contributed by atoms with E-state index >= 15 is 0 Å². The van der Waals surface area contributed by atoms with E-state index in [1.54, 1.807) is 36.5 Å². The minimum absolute atomic E-state index is 0.0171. The van der Waals surface area contributed by atoms with Gasteiger partial charge in [0.2, 0.25) is 15.9 Å². The molecule has 32 heavy (non-hydrogen) atoms. The van der Waals surface area contributed by atoms with Crippen molar-refractivity contribution in [3.05, 3.63) is 80.4 Å². The lowest BCUT2D eigenvalue weighted by molar-refractivity contribution is -0.117. The highest BCUT2D eigenvalue weighted by molar-refractivity contribution is 7.89. The van der Waals surface area contributed by atoms with E-state index in [0.717, 1.165) is 10.9 Å². The lowest BCUT2D eigenvalue weighted by Gasteiger charge is -2.13. The van der Waals surface area contributed by atoms with Crippen molar-refractivity contribution < 1.29 is 13.2 Å². The molecule has 12 heteroatoms. The third-order valence-electron chi connectivity index (χ3n) is 4.43. The van der Waals surface area contributed by atoms with Gasteiger partial charge in [0.1, 0.15) is 11.6 Å². The molecule has 2 heterocycles. The van der Waals surface area contributed by atoms with Gasteiger partial charge in [-0.2, -0.15) is 5.10 Å². The van der Waals surface area contributed by atoms with Gasteiger partial charge < -0.3 is 5.32 Å². The van der Waals surface area contributed by atoms with Crippen LogP contribution in [0.25, 0.3) is 0 Å². The third kappa shape index (κ3) is 5.71. The van der Waals surface area contributed by atoms with Crippen LogP contribution >= 0.6 is 23.2 Å². The molecular formula is C20H19Cl2N5O4S. The number of aromatic nitrogens is 3. The molecule has 0 aliphatic rings. The average Bonchev–Trinajstić information content (AvgIpc) is 2.79. The number of halogens is 2. The Bertz CT molecular complexity index is 1300. The summed E-state index contributed by atoms with van der Waals surface area (Å²) >= 11 is 11.5. The van der Waals surface area contributed by atoms with E-state index in [-0.39, 0.29) is 27.2 Å². The maximum atomic E-state index is 12.9. The van der Waals surface area contributed by atoms with Gasteiger partial charge in [0.25, 0.3) is 5.56 Å². The molecule has 2 aromatic heterocycles. The summed E-state index contributed by atoms with van der Waals surface area (Å²) in [5.74, 6) is -0.591. The van der Waals surface area contributed by atoms with Crippen LogP contribution in [0.5, 0.6) is 0 Å². The highest BCUT2D eigenvalue weighted by atomic mass is 35.5. The van der Waals surface area contributed by atoms with Gasteiger partial charge in [-0.15, -0.1) is 0 Å². The first-order valence-electron chi connectivity index (χ1n) is 9.44. The SMILES string of the molecule is CCc1ccc(NC(=O)Cn2ncc(Cl)c(Cl)c2=O)cc1S(=O)(=O)NCc1ccccn1. The molecule has 0 atom stereocenters. The van der Waals surface area contributed by atoms with Crippen LogP contribution in [0.1, 0.15) is 18.2 Å². The number of sulfonamides is 1. The quantitative estimate of drug-likeness (QED) is 0.494. The molecule has 0 bridgehead atoms. The zero-order chi connectivity index (χ0) is 23.3. The molecule has 0 aliphatic heterocycles. The van der Waals surface area contributed by atoms with E-state index < -0.39 is 28.0 Å². The Morgan fingerprint density at radius 2 is 1.97 bits per heavy atom. The Morgan fingerprint density at radius 1 is 1.19 bits per heavy atom. The Kier molecular flexibility index (Phi) is 7.62. The van der Waals surface area contributed by atoms with Crippen molar-refractivity contribution in [3.63, 3.8) is 0 Å². The van der Waals surface area contributed by atoms with Gasteiger partial charge in [-0.25, -0.2) is 17.8 Å². The Hall–Kier alpha value is -2.79. The minimum Gasteiger partial charge on any atom is -0.324 e. The molecule has 0 fully saturated rings. The van der Waals surface area contributed by atoms with Crippen LogP contribution < -0.4 is 15.6 Å². The van der Waals surface area contributed by atoms with Crippen molar-refractivity contribution in [2.45, 2.75) is 31.3 Å². The lowest BCUT2D eigenvalue weighted by Crippen LogP contribution is -2.30. The van der Waals surface area contributed by atoms with Gasteiger partial charge in [-0.05, 0) is 36.2 Å². The first kappa shape index (κ1) is 23.9. The van der Waals surface area contributed by atoms with Crippen LogP contribution in [-0.2, 0) is 34.3 Å². The molecule has 0 saturated carbocycles. The van der Waals surface area contributed by atoms with E-state index in [2.05, 4.69) is 20.1 Å². The largest absolute Gasteiger partial charge is 0.324 e. The number of anilines is 1. The van der Waals surface area contributed by atoms with Gasteiger partial charge in [-0.1, -0.05) is 42.3 Å². The fourth-order valence-corrected chi connectivity index (χ4v) is 4.42. The Balaban J connectivity index is 1.79. The number of hydrogen-bond acceptors (Lipinski definition) is 6. The molecule has 1 aromatic carbocycles. The fraction of sp³-hybridized carbons (Fsp3) is 0.200. The number of benzene rings is 1. The maximum Gasteiger partial charge on any atom is 0.287 e. The topological polar surface area (TPSA) is 123 Å². The Morgan fingerprint density at radius 3 is 2.66 bits per heavy atom. The number of pyridine rings is 1. The van der Waals surface area contributed by atoms with Gasteiger partial charge >= 0.3 is 0 Å². The average molecular weight is 496 g/mol. The zero-order valence-electron chi connectivity index (χ0n) is 16.9. The molecule has 168 valence electrons. The number of hydrogen-bond donors (Lipinski definition) is 2. The zero-order valence-corrected chi connectivity index (χ0v) is 19.2. The second kappa shape index (κ2) is 10.2. The van der Waals surface area contributed by atoms with Crippen molar-refractivity contribution in [1.29, 1.82) is 0 Å². The molecule has 3 aromatic rings. The number of rotatable bonds is 8. The van der Waals surface area contributed by atoms with Crippen LogP contribution in [0, 0.1) is 0 Å². The predicted octanol–water partition coefficient (Wildman–Crippen LogP) is 2.62. The van der Waals surface area contributed by atoms with Crippen molar-refractivity contribution in [2.24, 2.45) is 0 Å². The standard InChI is InChI=1S/C20H19Cl2N5O4S/c1-2-13-6-7-14(26-18(28)12-27-20(29)19(22)16(21)11-24-27)9-17(13)32(30,31)25-10-15-5-3-4-8-23-15/h3-9,11,25H,2,10,12H2,1H3,(H,26,28). The monoisotopic (exact) mass is 495 g/mol. The fourth-order valence-electron chi connectivity index (χ4n) is 2.82. The molecule has 9 nitrogen and oxygen atoms in total. The van der Waals surface area contributed by atoms with Crippen LogP contribution in [0.15, 0.2) is 58.5 Å². The van der Waals surface area contributed by atoms with Crippen molar-refractivity contribution >= 4 is 44.8 Å². The van der Waals surface area contributed by atoms with Gasteiger partial charge in [0, 0.05) is 11.9 Å². The summed E-state index contributed by atoms with van der Waals surface area (Å²) in [7, 11) is -3.88. The van der Waals surface area contributed by atoms with Gasteiger partial charge in [0.05, 0.1) is 28.4 Å². The second-order valence-corrected chi connectivity index (χ2v) is 9.16. The van der Waals surface area contributed by atoms with E-state index in [1.165, 1.54) is 6.07 Å². The van der Waals surface area contributed by atoms with Gasteiger partial charge in [-0.3, -0.25) is 14.6 Å². The van der Waals surface area contributed by atoms with E-state index in [1.807, 2.05) is 6.92 Å². The van der Waals surface area contributed by atoms with Crippen LogP contribution in [0.2, 0.25) is 10.0 Å². The summed E-state index contributed by atoms with van der Waals surface area (Å²) in [6.45, 7) is 1.42. The van der Waals surface area contributed by atoms with E-state index in [4.69, 9.17) is 23.2 Å². The highest BCUT2D eigenvalue weighted by Gasteiger charge is 2.19. The number of nitrogens with one attached hydrogen (secondary N) is 2. The normalized spacial score (nSPS) is 11.3. The maximum absolute atomic E-state index is 12.9.